The molecule has 2 nitrogen and oxygen atoms in total. The molecule has 0 aliphatic carbocycles. The first-order chi connectivity index (χ1) is 8.07. The Morgan fingerprint density at radius 1 is 1.29 bits per heavy atom. The van der Waals surface area contributed by atoms with Crippen LogP contribution in [0.5, 0.6) is 0 Å². The zero-order valence-electron chi connectivity index (χ0n) is 11.2. The fourth-order valence-electron chi connectivity index (χ4n) is 0.890. The zero-order chi connectivity index (χ0) is 13.7. The van der Waals surface area contributed by atoms with Crippen LogP contribution in [0.15, 0.2) is 30.3 Å². The highest BCUT2D eigenvalue weighted by Gasteiger charge is 1.93. The second-order valence-corrected chi connectivity index (χ2v) is 3.72. The molecular formula is C14H24ClNO. The summed E-state index contributed by atoms with van der Waals surface area (Å²) in [7, 11) is 0. The number of alkyl halides is 1. The average Bonchev–Trinajstić information content (AvgIpc) is 2.33. The first-order valence-electron chi connectivity index (χ1n) is 5.93. The maximum atomic E-state index is 9.96. The van der Waals surface area contributed by atoms with Crippen LogP contribution in [0.4, 0.5) is 0 Å². The van der Waals surface area contributed by atoms with Crippen molar-refractivity contribution >= 4 is 17.4 Å². The molecule has 1 unspecified atom stereocenters. The minimum Gasteiger partial charge on any atom is -0.324 e. The Bertz CT molecular complexity index is 273. The van der Waals surface area contributed by atoms with E-state index in [0.717, 1.165) is 0 Å². The van der Waals surface area contributed by atoms with Crippen molar-refractivity contribution in [2.75, 3.05) is 5.88 Å². The summed E-state index contributed by atoms with van der Waals surface area (Å²) in [6.45, 7) is 7.51. The van der Waals surface area contributed by atoms with E-state index in [9.17, 15) is 4.79 Å². The van der Waals surface area contributed by atoms with Crippen molar-refractivity contribution in [2.24, 2.45) is 5.73 Å². The van der Waals surface area contributed by atoms with Crippen LogP contribution in [0.25, 0.3) is 0 Å². The normalized spacial score (nSPS) is 10.2. The van der Waals surface area contributed by atoms with E-state index in [-0.39, 0.29) is 11.8 Å². The van der Waals surface area contributed by atoms with Gasteiger partial charge in [-0.25, -0.2) is 0 Å². The number of halogens is 1. The number of carbonyl (C=O) groups is 1. The summed E-state index contributed by atoms with van der Waals surface area (Å²) in [5.41, 5.74) is 6.81. The third kappa shape index (κ3) is 13.1. The molecule has 0 saturated carbocycles. The number of benzene rings is 1. The predicted octanol–water partition coefficient (Wildman–Crippen LogP) is 3.94. The van der Waals surface area contributed by atoms with Gasteiger partial charge in [-0.2, -0.15) is 0 Å². The number of ketones is 1. The van der Waals surface area contributed by atoms with E-state index in [4.69, 9.17) is 17.3 Å². The molecule has 98 valence electrons. The SMILES string of the molecule is CC.CC(=O)CCCl.CC(N)c1ccccc1. The van der Waals surface area contributed by atoms with E-state index < -0.39 is 0 Å². The summed E-state index contributed by atoms with van der Waals surface area (Å²) in [6, 6.07) is 10.2. The lowest BCUT2D eigenvalue weighted by Crippen LogP contribution is -2.03. The summed E-state index contributed by atoms with van der Waals surface area (Å²) in [6.07, 6.45) is 0.502. The molecular weight excluding hydrogens is 234 g/mol. The van der Waals surface area contributed by atoms with E-state index in [1.807, 2.05) is 51.1 Å². The summed E-state index contributed by atoms with van der Waals surface area (Å²) < 4.78 is 0. The van der Waals surface area contributed by atoms with Gasteiger partial charge in [-0.15, -0.1) is 11.6 Å². The van der Waals surface area contributed by atoms with Gasteiger partial charge in [-0.1, -0.05) is 44.2 Å². The highest BCUT2D eigenvalue weighted by Crippen LogP contribution is 2.06. The molecule has 2 N–H and O–H groups in total. The highest BCUT2D eigenvalue weighted by atomic mass is 35.5. The maximum Gasteiger partial charge on any atom is 0.131 e. The van der Waals surface area contributed by atoms with Gasteiger partial charge in [-0.3, -0.25) is 4.79 Å². The molecule has 0 amide bonds. The minimum absolute atomic E-state index is 0.157. The molecule has 0 heterocycles. The van der Waals surface area contributed by atoms with E-state index in [1.54, 1.807) is 0 Å². The van der Waals surface area contributed by atoms with Crippen molar-refractivity contribution in [3.8, 4) is 0 Å². The Kier molecular flexibility index (Phi) is 14.4. The number of carbonyl (C=O) groups excluding carboxylic acids is 1. The minimum atomic E-state index is 0.157. The molecule has 1 aromatic rings. The Morgan fingerprint density at radius 2 is 1.76 bits per heavy atom. The van der Waals surface area contributed by atoms with Crippen molar-refractivity contribution in [2.45, 2.75) is 40.2 Å². The molecule has 0 fully saturated rings. The van der Waals surface area contributed by atoms with Gasteiger partial charge < -0.3 is 5.73 Å². The lowest BCUT2D eigenvalue weighted by molar-refractivity contribution is -0.116. The number of hydrogen-bond donors (Lipinski definition) is 1. The Labute approximate surface area is 110 Å². The number of rotatable bonds is 3. The second-order valence-electron chi connectivity index (χ2n) is 3.34. The van der Waals surface area contributed by atoms with Crippen LogP contribution in [0.1, 0.15) is 45.7 Å². The Morgan fingerprint density at radius 3 is 1.94 bits per heavy atom. The molecule has 0 spiro atoms. The molecule has 17 heavy (non-hydrogen) atoms. The van der Waals surface area contributed by atoms with Crippen LogP contribution in [0, 0.1) is 0 Å². The molecule has 0 aliphatic heterocycles. The molecule has 0 bridgehead atoms. The molecule has 0 radical (unpaired) electrons. The van der Waals surface area contributed by atoms with Gasteiger partial charge in [0.2, 0.25) is 0 Å². The Hall–Kier alpha value is -0.860. The van der Waals surface area contributed by atoms with E-state index in [0.29, 0.717) is 12.3 Å². The van der Waals surface area contributed by atoms with Crippen LogP contribution in [-0.4, -0.2) is 11.7 Å². The summed E-state index contributed by atoms with van der Waals surface area (Å²) in [5, 5.41) is 0. The van der Waals surface area contributed by atoms with E-state index >= 15 is 0 Å². The smallest absolute Gasteiger partial charge is 0.131 e. The third-order valence-corrected chi connectivity index (χ3v) is 1.96. The molecule has 0 saturated heterocycles. The average molecular weight is 258 g/mol. The topological polar surface area (TPSA) is 43.1 Å². The van der Waals surface area contributed by atoms with Crippen LogP contribution in [0.3, 0.4) is 0 Å². The molecule has 1 rings (SSSR count). The number of nitrogens with two attached hydrogens (primary N) is 1. The molecule has 0 aromatic heterocycles. The van der Waals surface area contributed by atoms with Crippen molar-refractivity contribution in [1.29, 1.82) is 0 Å². The van der Waals surface area contributed by atoms with Gasteiger partial charge >= 0.3 is 0 Å². The van der Waals surface area contributed by atoms with Crippen molar-refractivity contribution in [1.82, 2.24) is 0 Å². The largest absolute Gasteiger partial charge is 0.324 e. The monoisotopic (exact) mass is 257 g/mol. The lowest BCUT2D eigenvalue weighted by Gasteiger charge is -2.02. The third-order valence-electron chi connectivity index (χ3n) is 1.77. The van der Waals surface area contributed by atoms with Gasteiger partial charge in [0.25, 0.3) is 0 Å². The van der Waals surface area contributed by atoms with Gasteiger partial charge in [0.1, 0.15) is 5.78 Å². The highest BCUT2D eigenvalue weighted by molar-refractivity contribution is 6.18. The van der Waals surface area contributed by atoms with Gasteiger partial charge in [0.05, 0.1) is 0 Å². The van der Waals surface area contributed by atoms with Crippen molar-refractivity contribution in [3.63, 3.8) is 0 Å². The van der Waals surface area contributed by atoms with Crippen molar-refractivity contribution in [3.05, 3.63) is 35.9 Å². The van der Waals surface area contributed by atoms with Crippen LogP contribution in [0.2, 0.25) is 0 Å². The first kappa shape index (κ1) is 18.5. The lowest BCUT2D eigenvalue weighted by atomic mass is 10.1. The van der Waals surface area contributed by atoms with Crippen LogP contribution in [-0.2, 0) is 4.79 Å². The quantitative estimate of drug-likeness (QED) is 0.834. The maximum absolute atomic E-state index is 9.96. The number of hydrogen-bond acceptors (Lipinski definition) is 2. The Balaban J connectivity index is 0. The van der Waals surface area contributed by atoms with Gasteiger partial charge in [0.15, 0.2) is 0 Å². The summed E-state index contributed by atoms with van der Waals surface area (Å²) in [4.78, 5) is 9.96. The van der Waals surface area contributed by atoms with E-state index in [1.165, 1.54) is 12.5 Å². The summed E-state index contributed by atoms with van der Waals surface area (Å²) >= 11 is 5.18. The van der Waals surface area contributed by atoms with Crippen LogP contribution >= 0.6 is 11.6 Å². The zero-order valence-corrected chi connectivity index (χ0v) is 12.0. The molecule has 1 atom stereocenters. The summed E-state index contributed by atoms with van der Waals surface area (Å²) in [5.74, 6) is 0.611. The molecule has 0 aliphatic rings. The molecule has 3 heteroatoms. The van der Waals surface area contributed by atoms with Gasteiger partial charge in [-0.05, 0) is 19.4 Å². The second kappa shape index (κ2) is 13.2. The standard InChI is InChI=1S/C8H11N.C4H7ClO.C2H6/c1-7(9)8-5-3-2-4-6-8;1-4(6)2-3-5;1-2/h2-7H,9H2,1H3;2-3H2,1H3;1-2H3. The fraction of sp³-hybridized carbons (Fsp3) is 0.500. The molecule has 1 aromatic carbocycles. The predicted molar refractivity (Wildman–Crippen MR) is 76.4 cm³/mol. The van der Waals surface area contributed by atoms with Gasteiger partial charge in [0, 0.05) is 18.3 Å². The van der Waals surface area contributed by atoms with E-state index in [2.05, 4.69) is 0 Å². The fourth-order valence-corrected chi connectivity index (χ4v) is 1.16. The van der Waals surface area contributed by atoms with Crippen molar-refractivity contribution < 1.29 is 4.79 Å². The number of Topliss-reactive ketones (excluding diaryl/α,β-unsaturated/α-hetero) is 1. The first-order valence-corrected chi connectivity index (χ1v) is 6.47. The van der Waals surface area contributed by atoms with Crippen LogP contribution < -0.4 is 5.73 Å².